The van der Waals surface area contributed by atoms with Crippen molar-refractivity contribution in [3.8, 4) is 0 Å². The Labute approximate surface area is 369 Å². The highest BCUT2D eigenvalue weighted by molar-refractivity contribution is 6.61. The topological polar surface area (TPSA) is 117 Å². The van der Waals surface area contributed by atoms with Gasteiger partial charge in [0.2, 0.25) is 0 Å². The summed E-state index contributed by atoms with van der Waals surface area (Å²) in [7, 11) is -6.59. The van der Waals surface area contributed by atoms with Crippen LogP contribution < -0.4 is 0 Å². The van der Waals surface area contributed by atoms with E-state index >= 15 is 0 Å². The molecule has 0 aliphatic heterocycles. The average Bonchev–Trinajstić information content (AvgIpc) is 3.20. The summed E-state index contributed by atoms with van der Waals surface area (Å²) in [4.78, 5) is 5.29. The lowest BCUT2D eigenvalue weighted by molar-refractivity contribution is -0.143. The van der Waals surface area contributed by atoms with Crippen LogP contribution in [-0.2, 0) is 54.4 Å². The Morgan fingerprint density at radius 3 is 0.949 bits per heavy atom. The first kappa shape index (κ1) is 59.3. The molecule has 0 saturated heterocycles. The fraction of sp³-hybridized carbons (Fsp3) is 1.00. The van der Waals surface area contributed by atoms with Crippen LogP contribution in [0, 0.1) is 0 Å². The molecule has 0 aliphatic rings. The van der Waals surface area contributed by atoms with E-state index < -0.39 is 37.1 Å². The van der Waals surface area contributed by atoms with E-state index in [-0.39, 0.29) is 12.6 Å². The maximum Gasteiger partial charge on any atom is 0.500 e. The SMILES string of the molecule is CCOC(CCO[SiH2]CCCN(CCCN(CCC[SiH2]OCCC(OCC)OCC)CCC[Si](OCC)(OCC)OCC)CCC[Si](OCC)(OCC)OCC)OCC. The normalized spacial score (nSPS) is 13.1. The van der Waals surface area contributed by atoms with Crippen molar-refractivity contribution in [2.45, 2.75) is 151 Å². The summed E-state index contributed by atoms with van der Waals surface area (Å²) < 4.78 is 72.2. The van der Waals surface area contributed by atoms with Crippen LogP contribution in [-0.4, -0.2) is 178 Å². The molecule has 0 rings (SSSR count). The van der Waals surface area contributed by atoms with E-state index in [9.17, 15) is 0 Å². The van der Waals surface area contributed by atoms with Crippen molar-refractivity contribution in [3.05, 3.63) is 0 Å². The highest BCUT2D eigenvalue weighted by Gasteiger charge is 2.40. The first-order valence-corrected chi connectivity index (χ1v) is 30.7. The molecule has 59 heavy (non-hydrogen) atoms. The van der Waals surface area contributed by atoms with Crippen LogP contribution in [0.3, 0.4) is 0 Å². The summed E-state index contributed by atoms with van der Waals surface area (Å²) in [5, 5.41) is 0. The number of hydrogen-bond acceptors (Lipinski definition) is 14. The monoisotopic (exact) mass is 919 g/mol. The summed E-state index contributed by atoms with van der Waals surface area (Å²) in [5.74, 6) is 0. The molecule has 0 fully saturated rings. The fourth-order valence-electron chi connectivity index (χ4n) is 7.05. The van der Waals surface area contributed by atoms with Crippen molar-refractivity contribution in [2.75, 3.05) is 119 Å². The Morgan fingerprint density at radius 2 is 0.661 bits per heavy atom. The zero-order chi connectivity index (χ0) is 43.7. The minimum absolute atomic E-state index is 0.168. The van der Waals surface area contributed by atoms with Crippen molar-refractivity contribution in [1.29, 1.82) is 0 Å². The van der Waals surface area contributed by atoms with E-state index in [2.05, 4.69) is 9.80 Å². The van der Waals surface area contributed by atoms with Gasteiger partial charge in [0.1, 0.15) is 0 Å². The van der Waals surface area contributed by atoms with Crippen LogP contribution in [0.15, 0.2) is 0 Å². The van der Waals surface area contributed by atoms with Crippen molar-refractivity contribution in [1.82, 2.24) is 9.80 Å². The van der Waals surface area contributed by atoms with Gasteiger partial charge in [0.05, 0.1) is 0 Å². The predicted octanol–water partition coefficient (Wildman–Crippen LogP) is 6.25. The zero-order valence-electron chi connectivity index (χ0n) is 39.9. The lowest BCUT2D eigenvalue weighted by Gasteiger charge is -2.31. The predicted molar refractivity (Wildman–Crippen MR) is 249 cm³/mol. The van der Waals surface area contributed by atoms with Gasteiger partial charge >= 0.3 is 17.6 Å². The second kappa shape index (κ2) is 42.3. The highest BCUT2D eigenvalue weighted by Crippen LogP contribution is 2.20. The fourth-order valence-corrected chi connectivity index (χ4v) is 14.2. The van der Waals surface area contributed by atoms with E-state index in [0.717, 1.165) is 108 Å². The first-order chi connectivity index (χ1) is 28.8. The third-order valence-electron chi connectivity index (χ3n) is 9.48. The van der Waals surface area contributed by atoms with Crippen molar-refractivity contribution >= 4 is 37.1 Å². The van der Waals surface area contributed by atoms with Crippen LogP contribution in [0.4, 0.5) is 0 Å². The van der Waals surface area contributed by atoms with Crippen LogP contribution in [0.1, 0.15) is 114 Å². The van der Waals surface area contributed by atoms with Crippen molar-refractivity contribution < 1.29 is 54.4 Å². The molecule has 0 aromatic rings. The Kier molecular flexibility index (Phi) is 42.5. The number of hydrogen-bond donors (Lipinski definition) is 0. The van der Waals surface area contributed by atoms with Gasteiger partial charge in [-0.15, -0.1) is 0 Å². The van der Waals surface area contributed by atoms with Crippen molar-refractivity contribution in [2.24, 2.45) is 0 Å². The third-order valence-corrected chi connectivity index (χ3v) is 18.5. The van der Waals surface area contributed by atoms with Gasteiger partial charge in [0.25, 0.3) is 0 Å². The van der Waals surface area contributed by atoms with Gasteiger partial charge in [-0.1, -0.05) is 0 Å². The Hall–Kier alpha value is 0.308. The lowest BCUT2D eigenvalue weighted by Crippen LogP contribution is -2.46. The van der Waals surface area contributed by atoms with Gasteiger partial charge in [0.15, 0.2) is 32.1 Å². The van der Waals surface area contributed by atoms with Crippen LogP contribution in [0.25, 0.3) is 0 Å². The molecule has 0 aromatic heterocycles. The average molecular weight is 920 g/mol. The van der Waals surface area contributed by atoms with Gasteiger partial charge in [-0.25, -0.2) is 0 Å². The molecule has 0 spiro atoms. The third kappa shape index (κ3) is 31.7. The Balaban J connectivity index is 5.52. The molecule has 0 aromatic carbocycles. The highest BCUT2D eigenvalue weighted by atomic mass is 28.4. The molecule has 0 radical (unpaired) electrons. The maximum absolute atomic E-state index is 6.19. The van der Waals surface area contributed by atoms with Gasteiger partial charge in [0, 0.05) is 104 Å². The summed E-state index contributed by atoms with van der Waals surface area (Å²) in [6, 6.07) is 3.97. The molecular weight excluding hydrogens is 825 g/mol. The summed E-state index contributed by atoms with van der Waals surface area (Å²) >= 11 is 0. The molecule has 356 valence electrons. The number of rotatable bonds is 48. The first-order valence-electron chi connectivity index (χ1n) is 23.7. The summed E-state index contributed by atoms with van der Waals surface area (Å²) in [6.07, 6.45) is 6.59. The molecule has 0 atom stereocenters. The molecule has 0 aliphatic carbocycles. The van der Waals surface area contributed by atoms with Crippen LogP contribution >= 0.6 is 0 Å². The molecule has 0 N–H and O–H groups in total. The van der Waals surface area contributed by atoms with Gasteiger partial charge in [-0.05, 0) is 153 Å². The minimum Gasteiger partial charge on any atom is -0.424 e. The standard InChI is InChI=1S/C41H94N2O12Si4/c1-11-44-40(45-12-2)26-34-48-56-36-22-30-42(32-24-38-58(50-15-5,51-16-6)52-17-7)28-21-29-43(33-25-39-59(53-18-8,54-19-9)55-20-10)31-23-37-57-49-35-27-41(46-13-3)47-14-4/h40-41H,11-39,56-57H2,1-10H3. The Morgan fingerprint density at radius 1 is 0.373 bits per heavy atom. The second-order valence-electron chi connectivity index (χ2n) is 14.1. The molecule has 0 unspecified atom stereocenters. The molecule has 0 heterocycles. The van der Waals surface area contributed by atoms with E-state index in [1.165, 1.54) is 0 Å². The lowest BCUT2D eigenvalue weighted by atomic mass is 10.2. The largest absolute Gasteiger partial charge is 0.500 e. The van der Waals surface area contributed by atoms with E-state index in [0.29, 0.717) is 79.3 Å². The summed E-state index contributed by atoms with van der Waals surface area (Å²) in [6.45, 7) is 34.0. The van der Waals surface area contributed by atoms with E-state index in [1.54, 1.807) is 0 Å². The minimum atomic E-state index is -2.69. The number of nitrogens with zero attached hydrogens (tertiary/aromatic N) is 2. The van der Waals surface area contributed by atoms with Gasteiger partial charge in [-0.3, -0.25) is 0 Å². The van der Waals surface area contributed by atoms with Crippen molar-refractivity contribution in [3.63, 3.8) is 0 Å². The molecule has 14 nitrogen and oxygen atoms in total. The van der Waals surface area contributed by atoms with Crippen LogP contribution in [0.5, 0.6) is 0 Å². The quantitative estimate of drug-likeness (QED) is 0.0389. The Bertz CT molecular complexity index is 771. The molecule has 18 heteroatoms. The molecule has 0 saturated carbocycles. The van der Waals surface area contributed by atoms with Gasteiger partial charge in [-0.2, -0.15) is 0 Å². The molecule has 0 amide bonds. The van der Waals surface area contributed by atoms with Gasteiger partial charge < -0.3 is 64.2 Å². The molecule has 0 bridgehead atoms. The van der Waals surface area contributed by atoms with E-state index in [4.69, 9.17) is 54.4 Å². The van der Waals surface area contributed by atoms with Crippen LogP contribution in [0.2, 0.25) is 24.2 Å². The summed E-state index contributed by atoms with van der Waals surface area (Å²) in [5.41, 5.74) is 0. The second-order valence-corrected chi connectivity index (χ2v) is 22.6. The maximum atomic E-state index is 6.19. The zero-order valence-corrected chi connectivity index (χ0v) is 44.7. The smallest absolute Gasteiger partial charge is 0.424 e. The molecular formula is C41H94N2O12Si4. The van der Waals surface area contributed by atoms with E-state index in [1.807, 2.05) is 69.2 Å². The number of ether oxygens (including phenoxy) is 4.